The van der Waals surface area contributed by atoms with Crippen LogP contribution in [-0.4, -0.2) is 44.7 Å². The van der Waals surface area contributed by atoms with Crippen LogP contribution >= 0.6 is 0 Å². The molecule has 0 aliphatic carbocycles. The summed E-state index contributed by atoms with van der Waals surface area (Å²) in [5.41, 5.74) is 0. The second kappa shape index (κ2) is 18.5. The minimum atomic E-state index is -0.975. The molecule has 0 heterocycles. The van der Waals surface area contributed by atoms with Crippen LogP contribution in [0.3, 0.4) is 0 Å². The van der Waals surface area contributed by atoms with E-state index in [0.29, 0.717) is 19.8 Å². The van der Waals surface area contributed by atoms with Gasteiger partial charge in [0.25, 0.3) is 0 Å². The Balaban J connectivity index is 3.52. The topological polar surface area (TPSA) is 71.1 Å². The van der Waals surface area contributed by atoms with E-state index in [1.807, 2.05) is 0 Å². The molecule has 0 aromatic heterocycles. The lowest BCUT2D eigenvalue weighted by Crippen LogP contribution is -2.27. The van der Waals surface area contributed by atoms with Crippen molar-refractivity contribution >= 4 is 12.1 Å². The Kier molecular flexibility index (Phi) is 17.6. The lowest BCUT2D eigenvalue weighted by atomic mass is 10.1. The van der Waals surface area contributed by atoms with Gasteiger partial charge in [-0.2, -0.15) is 0 Å². The van der Waals surface area contributed by atoms with Gasteiger partial charge in [-0.15, -0.1) is 0 Å². The molecule has 0 aliphatic rings. The molecule has 0 amide bonds. The zero-order chi connectivity index (χ0) is 19.5. The van der Waals surface area contributed by atoms with Gasteiger partial charge in [0.1, 0.15) is 6.61 Å². The first kappa shape index (κ1) is 24.7. The molecule has 0 saturated heterocycles. The van der Waals surface area contributed by atoms with Gasteiger partial charge >= 0.3 is 12.1 Å². The molecule has 0 radical (unpaired) electrons. The smallest absolute Gasteiger partial charge is 0.461 e. The molecule has 0 aliphatic heterocycles. The van der Waals surface area contributed by atoms with Crippen molar-refractivity contribution in [1.82, 2.24) is 0 Å². The van der Waals surface area contributed by atoms with Crippen LogP contribution in [0, 0.1) is 0 Å². The Morgan fingerprint density at radius 2 is 1.31 bits per heavy atom. The van der Waals surface area contributed by atoms with Crippen LogP contribution < -0.4 is 0 Å². The van der Waals surface area contributed by atoms with Crippen molar-refractivity contribution in [3.05, 3.63) is 0 Å². The summed E-state index contributed by atoms with van der Waals surface area (Å²) in [6.07, 6.45) is 9.64. The number of hydrogen-bond acceptors (Lipinski definition) is 6. The maximum Gasteiger partial charge on any atom is 0.509 e. The molecular formula is C20H38O6. The van der Waals surface area contributed by atoms with Gasteiger partial charge in [-0.25, -0.2) is 9.59 Å². The summed E-state index contributed by atoms with van der Waals surface area (Å²) in [6, 6.07) is 0. The van der Waals surface area contributed by atoms with Gasteiger partial charge in [-0.3, -0.25) is 0 Å². The largest absolute Gasteiger partial charge is 0.509 e. The summed E-state index contributed by atoms with van der Waals surface area (Å²) < 4.78 is 20.2. The van der Waals surface area contributed by atoms with E-state index in [4.69, 9.17) is 18.9 Å². The molecule has 6 heteroatoms. The predicted octanol–water partition coefficient (Wildman–Crippen LogP) is 5.03. The van der Waals surface area contributed by atoms with Crippen molar-refractivity contribution in [2.45, 2.75) is 91.1 Å². The lowest BCUT2D eigenvalue weighted by Gasteiger charge is -2.13. The van der Waals surface area contributed by atoms with Gasteiger partial charge in [0, 0.05) is 6.61 Å². The highest BCUT2D eigenvalue weighted by molar-refractivity contribution is 5.76. The van der Waals surface area contributed by atoms with E-state index in [2.05, 4.69) is 13.8 Å². The van der Waals surface area contributed by atoms with Crippen LogP contribution in [0.2, 0.25) is 0 Å². The second-order valence-electron chi connectivity index (χ2n) is 6.47. The van der Waals surface area contributed by atoms with E-state index in [-0.39, 0.29) is 6.61 Å². The van der Waals surface area contributed by atoms with Crippen molar-refractivity contribution in [1.29, 1.82) is 0 Å². The summed E-state index contributed by atoms with van der Waals surface area (Å²) in [5, 5.41) is 0. The summed E-state index contributed by atoms with van der Waals surface area (Å²) in [4.78, 5) is 23.2. The van der Waals surface area contributed by atoms with Gasteiger partial charge in [-0.05, 0) is 19.8 Å². The van der Waals surface area contributed by atoms with Gasteiger partial charge in [-0.1, -0.05) is 65.2 Å². The average Bonchev–Trinajstić information content (AvgIpc) is 2.63. The molecule has 0 spiro atoms. The quantitative estimate of drug-likeness (QED) is 0.263. The summed E-state index contributed by atoms with van der Waals surface area (Å²) >= 11 is 0. The van der Waals surface area contributed by atoms with Crippen LogP contribution in [0.1, 0.15) is 85.0 Å². The highest BCUT2D eigenvalue weighted by atomic mass is 16.7. The maximum absolute atomic E-state index is 11.7. The fourth-order valence-corrected chi connectivity index (χ4v) is 2.28. The highest BCUT2D eigenvalue weighted by Crippen LogP contribution is 2.08. The minimum Gasteiger partial charge on any atom is -0.461 e. The average molecular weight is 375 g/mol. The van der Waals surface area contributed by atoms with Crippen molar-refractivity contribution in [3.63, 3.8) is 0 Å². The van der Waals surface area contributed by atoms with Crippen LogP contribution in [0.25, 0.3) is 0 Å². The molecule has 0 N–H and O–H groups in total. The molecule has 0 bridgehead atoms. The third-order valence-electron chi connectivity index (χ3n) is 3.94. The molecule has 0 aromatic rings. The Morgan fingerprint density at radius 1 is 0.692 bits per heavy atom. The van der Waals surface area contributed by atoms with E-state index >= 15 is 0 Å². The molecule has 154 valence electrons. The molecule has 0 saturated carbocycles. The monoisotopic (exact) mass is 374 g/mol. The minimum absolute atomic E-state index is 0.156. The first-order valence-electron chi connectivity index (χ1n) is 10.2. The Morgan fingerprint density at radius 3 is 1.96 bits per heavy atom. The van der Waals surface area contributed by atoms with Crippen LogP contribution in [0.5, 0.6) is 0 Å². The van der Waals surface area contributed by atoms with Gasteiger partial charge in [0.2, 0.25) is 0 Å². The number of rotatable bonds is 17. The fourth-order valence-electron chi connectivity index (χ4n) is 2.28. The number of carbonyl (C=O) groups is 2. The van der Waals surface area contributed by atoms with E-state index in [9.17, 15) is 9.59 Å². The zero-order valence-electron chi connectivity index (χ0n) is 16.9. The highest BCUT2D eigenvalue weighted by Gasteiger charge is 2.20. The van der Waals surface area contributed by atoms with Crippen molar-refractivity contribution < 1.29 is 28.5 Å². The lowest BCUT2D eigenvalue weighted by molar-refractivity contribution is -0.155. The zero-order valence-corrected chi connectivity index (χ0v) is 16.9. The first-order valence-corrected chi connectivity index (χ1v) is 10.2. The number of carbonyl (C=O) groups excluding carboxylic acids is 2. The van der Waals surface area contributed by atoms with Gasteiger partial charge in [0.15, 0.2) is 6.10 Å². The van der Waals surface area contributed by atoms with Gasteiger partial charge in [0.05, 0.1) is 13.2 Å². The Labute approximate surface area is 158 Å². The van der Waals surface area contributed by atoms with Crippen molar-refractivity contribution in [2.75, 3.05) is 26.4 Å². The van der Waals surface area contributed by atoms with E-state index < -0.39 is 18.2 Å². The third-order valence-corrected chi connectivity index (χ3v) is 3.94. The van der Waals surface area contributed by atoms with E-state index in [1.54, 1.807) is 0 Å². The molecule has 1 unspecified atom stereocenters. The number of ether oxygens (including phenoxy) is 4. The molecule has 0 aromatic carbocycles. The van der Waals surface area contributed by atoms with Crippen LogP contribution in [-0.2, 0) is 23.7 Å². The predicted molar refractivity (Wildman–Crippen MR) is 101 cm³/mol. The molecule has 26 heavy (non-hydrogen) atoms. The summed E-state index contributed by atoms with van der Waals surface area (Å²) in [7, 11) is 0. The van der Waals surface area contributed by atoms with Crippen LogP contribution in [0.15, 0.2) is 0 Å². The fraction of sp³-hybridized carbons (Fsp3) is 0.900. The maximum atomic E-state index is 11.7. The van der Waals surface area contributed by atoms with Gasteiger partial charge < -0.3 is 18.9 Å². The summed E-state index contributed by atoms with van der Waals surface area (Å²) in [5.74, 6) is -0.590. The standard InChI is InChI=1S/C20H38O6/c1-4-6-8-9-10-11-12-13-15-25-20(22)26-18(3)19(21)24-17-16-23-14-7-5-2/h18H,4-17H2,1-3H3. The van der Waals surface area contributed by atoms with Crippen molar-refractivity contribution in [3.8, 4) is 0 Å². The molecular weight excluding hydrogens is 336 g/mol. The number of hydrogen-bond donors (Lipinski definition) is 0. The Hall–Kier alpha value is -1.30. The molecule has 6 nitrogen and oxygen atoms in total. The number of esters is 1. The summed E-state index contributed by atoms with van der Waals surface area (Å²) in [6.45, 7) is 7.24. The SMILES string of the molecule is CCCCCCCCCCOC(=O)OC(C)C(=O)OCCOCCCC. The second-order valence-corrected chi connectivity index (χ2v) is 6.47. The van der Waals surface area contributed by atoms with Crippen LogP contribution in [0.4, 0.5) is 4.79 Å². The van der Waals surface area contributed by atoms with Crippen molar-refractivity contribution in [2.24, 2.45) is 0 Å². The van der Waals surface area contributed by atoms with E-state index in [1.165, 1.54) is 39.0 Å². The third kappa shape index (κ3) is 16.2. The Bertz CT molecular complexity index is 345. The number of unbranched alkanes of at least 4 members (excludes halogenated alkanes) is 8. The molecule has 1 atom stereocenters. The van der Waals surface area contributed by atoms with E-state index in [0.717, 1.165) is 32.1 Å². The normalized spacial score (nSPS) is 11.8. The molecule has 0 rings (SSSR count). The first-order chi connectivity index (χ1) is 12.6. The molecule has 0 fully saturated rings.